The fraction of sp³-hybridized carbons (Fsp3) is 0.379. The van der Waals surface area contributed by atoms with Crippen molar-refractivity contribution >= 4 is 11.6 Å². The number of primary amides is 1. The van der Waals surface area contributed by atoms with Crippen molar-refractivity contribution in [3.63, 3.8) is 0 Å². The van der Waals surface area contributed by atoms with Crippen molar-refractivity contribution in [2.75, 3.05) is 25.0 Å². The van der Waals surface area contributed by atoms with E-state index in [-0.39, 0.29) is 11.5 Å². The molecule has 4 rings (SSSR count). The molecule has 0 atom stereocenters. The molecule has 0 saturated carbocycles. The van der Waals surface area contributed by atoms with Crippen LogP contribution in [0.3, 0.4) is 0 Å². The normalized spacial score (nSPS) is 14.7. The zero-order valence-corrected chi connectivity index (χ0v) is 20.6. The number of nitrogens with zero attached hydrogens (tertiary/aromatic N) is 3. The van der Waals surface area contributed by atoms with Gasteiger partial charge in [0.1, 0.15) is 0 Å². The van der Waals surface area contributed by atoms with E-state index in [4.69, 9.17) is 5.73 Å². The van der Waals surface area contributed by atoms with Gasteiger partial charge >= 0.3 is 0 Å². The Bertz CT molecular complexity index is 1150. The van der Waals surface area contributed by atoms with Crippen molar-refractivity contribution in [3.8, 4) is 0 Å². The number of hydrogen-bond donors (Lipinski definition) is 1. The Labute approximate surface area is 208 Å². The summed E-state index contributed by atoms with van der Waals surface area (Å²) in [6.07, 6.45) is 5.30. The highest BCUT2D eigenvalue weighted by atomic mass is 16.1. The van der Waals surface area contributed by atoms with Crippen LogP contribution >= 0.6 is 0 Å². The lowest BCUT2D eigenvalue weighted by atomic mass is 9.93. The first-order valence-electron chi connectivity index (χ1n) is 12.5. The van der Waals surface area contributed by atoms with Crippen LogP contribution in [0.25, 0.3) is 0 Å². The van der Waals surface area contributed by atoms with Crippen LogP contribution < -0.4 is 16.2 Å². The number of anilines is 1. The molecule has 1 aliphatic heterocycles. The highest BCUT2D eigenvalue weighted by molar-refractivity contribution is 5.74. The summed E-state index contributed by atoms with van der Waals surface area (Å²) in [5.74, 6) is 0.250. The van der Waals surface area contributed by atoms with E-state index >= 15 is 0 Å². The number of nitrogens with two attached hydrogens (primary N) is 1. The van der Waals surface area contributed by atoms with Crippen LogP contribution in [0.2, 0.25) is 0 Å². The van der Waals surface area contributed by atoms with Crippen molar-refractivity contribution in [1.29, 1.82) is 0 Å². The van der Waals surface area contributed by atoms with E-state index in [0.717, 1.165) is 51.1 Å². The third kappa shape index (κ3) is 7.30. The molecule has 2 heterocycles. The second-order valence-corrected chi connectivity index (χ2v) is 9.71. The van der Waals surface area contributed by atoms with E-state index < -0.39 is 0 Å². The summed E-state index contributed by atoms with van der Waals surface area (Å²) in [6, 6.07) is 22.7. The molecule has 0 aliphatic carbocycles. The first-order chi connectivity index (χ1) is 17.0. The molecule has 0 bridgehead atoms. The Balaban J connectivity index is 1.26. The molecule has 1 saturated heterocycles. The zero-order valence-electron chi connectivity index (χ0n) is 20.6. The van der Waals surface area contributed by atoms with Gasteiger partial charge in [0.15, 0.2) is 0 Å². The number of hydrogen-bond acceptors (Lipinski definition) is 4. The van der Waals surface area contributed by atoms with Gasteiger partial charge in [0, 0.05) is 51.1 Å². The molecule has 6 heteroatoms. The summed E-state index contributed by atoms with van der Waals surface area (Å²) in [4.78, 5) is 28.4. The molecule has 1 fully saturated rings. The van der Waals surface area contributed by atoms with Gasteiger partial charge < -0.3 is 15.2 Å². The van der Waals surface area contributed by atoms with Crippen molar-refractivity contribution in [2.24, 2.45) is 11.7 Å². The Morgan fingerprint density at radius 2 is 1.66 bits per heavy atom. The highest BCUT2D eigenvalue weighted by Crippen LogP contribution is 2.22. The van der Waals surface area contributed by atoms with Gasteiger partial charge in [-0.05, 0) is 61.0 Å². The van der Waals surface area contributed by atoms with Crippen molar-refractivity contribution in [3.05, 3.63) is 100.0 Å². The molecule has 0 radical (unpaired) electrons. The van der Waals surface area contributed by atoms with E-state index in [1.54, 1.807) is 10.6 Å². The minimum Gasteiger partial charge on any atom is -0.370 e. The van der Waals surface area contributed by atoms with E-state index in [9.17, 15) is 9.59 Å². The quantitative estimate of drug-likeness (QED) is 0.487. The Hall–Kier alpha value is -3.38. The van der Waals surface area contributed by atoms with Crippen molar-refractivity contribution in [1.82, 2.24) is 9.47 Å². The second kappa shape index (κ2) is 11.8. The number of aromatic nitrogens is 1. The SMILES string of the molecule is CN(Cc1ccccc1)c1ccn(CCc2ccc(CN3CCC(CC(N)=O)CC3)cc2)c(=O)c1. The largest absolute Gasteiger partial charge is 0.370 e. The van der Waals surface area contributed by atoms with Crippen molar-refractivity contribution in [2.45, 2.75) is 45.3 Å². The van der Waals surface area contributed by atoms with Crippen LogP contribution in [0.15, 0.2) is 77.7 Å². The molecule has 6 nitrogen and oxygen atoms in total. The van der Waals surface area contributed by atoms with Gasteiger partial charge in [-0.1, -0.05) is 54.6 Å². The molecule has 0 unspecified atom stereocenters. The van der Waals surface area contributed by atoms with Gasteiger partial charge in [-0.25, -0.2) is 0 Å². The maximum atomic E-state index is 12.7. The number of rotatable bonds is 10. The summed E-state index contributed by atoms with van der Waals surface area (Å²) in [7, 11) is 2.01. The lowest BCUT2D eigenvalue weighted by molar-refractivity contribution is -0.119. The molecule has 1 amide bonds. The topological polar surface area (TPSA) is 71.6 Å². The molecule has 2 aromatic carbocycles. The molecule has 3 aromatic rings. The maximum Gasteiger partial charge on any atom is 0.252 e. The minimum atomic E-state index is -0.187. The van der Waals surface area contributed by atoms with E-state index in [1.807, 2.05) is 37.5 Å². The minimum absolute atomic E-state index is 0.0266. The standard InChI is InChI=1S/C29H36N4O2/c1-31(21-25-5-3-2-4-6-25)27-14-18-33(29(35)20-27)17-13-23-7-9-26(10-8-23)22-32-15-11-24(12-16-32)19-28(30)34/h2-10,14,18,20,24H,11-13,15-17,19,21-22H2,1H3,(H2,30,34). The summed E-state index contributed by atoms with van der Waals surface area (Å²) in [5, 5.41) is 0. The summed E-state index contributed by atoms with van der Waals surface area (Å²) >= 11 is 0. The summed E-state index contributed by atoms with van der Waals surface area (Å²) < 4.78 is 1.78. The lowest BCUT2D eigenvalue weighted by Crippen LogP contribution is -2.34. The maximum absolute atomic E-state index is 12.7. The van der Waals surface area contributed by atoms with Gasteiger partial charge in [-0.3, -0.25) is 14.5 Å². The molecular weight excluding hydrogens is 436 g/mol. The number of piperidine rings is 1. The summed E-state index contributed by atoms with van der Waals surface area (Å²) in [6.45, 7) is 4.38. The Kier molecular flexibility index (Phi) is 8.37. The van der Waals surface area contributed by atoms with Gasteiger partial charge in [-0.2, -0.15) is 0 Å². The highest BCUT2D eigenvalue weighted by Gasteiger charge is 2.20. The van der Waals surface area contributed by atoms with Crippen LogP contribution in [0, 0.1) is 5.92 Å². The second-order valence-electron chi connectivity index (χ2n) is 9.71. The molecule has 0 spiro atoms. The molecule has 184 valence electrons. The third-order valence-electron chi connectivity index (χ3n) is 6.95. The average Bonchev–Trinajstić information content (AvgIpc) is 2.85. The van der Waals surface area contributed by atoms with Gasteiger partial charge in [0.2, 0.25) is 5.91 Å². The smallest absolute Gasteiger partial charge is 0.252 e. The number of carbonyl (C=O) groups excluding carboxylic acids is 1. The lowest BCUT2D eigenvalue weighted by Gasteiger charge is -2.31. The van der Waals surface area contributed by atoms with Gasteiger partial charge in [0.05, 0.1) is 0 Å². The average molecular weight is 473 g/mol. The third-order valence-corrected chi connectivity index (χ3v) is 6.95. The number of amides is 1. The zero-order chi connectivity index (χ0) is 24.6. The fourth-order valence-corrected chi connectivity index (χ4v) is 4.82. The van der Waals surface area contributed by atoms with E-state index in [0.29, 0.717) is 18.9 Å². The number of likely N-dealkylation sites (tertiary alicyclic amines) is 1. The Morgan fingerprint density at radius 1 is 0.971 bits per heavy atom. The molecule has 1 aliphatic rings. The molecule has 2 N–H and O–H groups in total. The predicted octanol–water partition coefficient (Wildman–Crippen LogP) is 3.81. The Morgan fingerprint density at radius 3 is 2.31 bits per heavy atom. The fourth-order valence-electron chi connectivity index (χ4n) is 4.82. The molecule has 1 aromatic heterocycles. The number of benzene rings is 2. The van der Waals surface area contributed by atoms with Gasteiger partial charge in [-0.15, -0.1) is 0 Å². The van der Waals surface area contributed by atoms with Crippen LogP contribution in [0.5, 0.6) is 0 Å². The molecule has 35 heavy (non-hydrogen) atoms. The predicted molar refractivity (Wildman–Crippen MR) is 141 cm³/mol. The monoisotopic (exact) mass is 472 g/mol. The first kappa shape index (κ1) is 24.7. The summed E-state index contributed by atoms with van der Waals surface area (Å²) in [5.41, 5.74) is 10.0. The van der Waals surface area contributed by atoms with E-state index in [1.165, 1.54) is 16.7 Å². The van der Waals surface area contributed by atoms with Crippen LogP contribution in [-0.2, 0) is 30.8 Å². The first-order valence-corrected chi connectivity index (χ1v) is 12.5. The van der Waals surface area contributed by atoms with Crippen LogP contribution in [0.1, 0.15) is 36.0 Å². The van der Waals surface area contributed by atoms with Crippen LogP contribution in [-0.4, -0.2) is 35.5 Å². The van der Waals surface area contributed by atoms with Gasteiger partial charge in [0.25, 0.3) is 5.56 Å². The number of carbonyl (C=O) groups is 1. The van der Waals surface area contributed by atoms with Crippen molar-refractivity contribution < 1.29 is 4.79 Å². The number of aryl methyl sites for hydroxylation is 2. The van der Waals surface area contributed by atoms with E-state index in [2.05, 4.69) is 46.2 Å². The molecular formula is C29H36N4O2. The van der Waals surface area contributed by atoms with Crippen LogP contribution in [0.4, 0.5) is 5.69 Å². The number of pyridine rings is 1.